The number of aliphatic hydroxyl groups is 1. The Morgan fingerprint density at radius 1 is 1.47 bits per heavy atom. The zero-order valence-corrected chi connectivity index (χ0v) is 11.4. The largest absolute Gasteiger partial charge is 0.490 e. The van der Waals surface area contributed by atoms with Crippen molar-refractivity contribution in [1.82, 2.24) is 15.0 Å². The van der Waals surface area contributed by atoms with Gasteiger partial charge in [-0.1, -0.05) is 29.8 Å². The van der Waals surface area contributed by atoms with Crippen LogP contribution in [0.2, 0.25) is 5.02 Å². The molecule has 0 aliphatic heterocycles. The zero-order chi connectivity index (χ0) is 13.7. The molecule has 5 nitrogen and oxygen atoms in total. The Labute approximate surface area is 116 Å². The summed E-state index contributed by atoms with van der Waals surface area (Å²) in [5.74, 6) is 0.626. The molecule has 0 saturated heterocycles. The van der Waals surface area contributed by atoms with E-state index in [4.69, 9.17) is 16.3 Å². The van der Waals surface area contributed by atoms with Gasteiger partial charge in [-0.25, -0.2) is 4.68 Å². The summed E-state index contributed by atoms with van der Waals surface area (Å²) in [4.78, 5) is 0. The Kier molecular flexibility index (Phi) is 4.76. The maximum Gasteiger partial charge on any atom is 0.131 e. The fourth-order valence-corrected chi connectivity index (χ4v) is 1.91. The molecule has 2 aromatic rings. The maximum absolute atomic E-state index is 10.1. The standard InChI is InChI=1S/C13H16ClN3O2/c1-2-6-17-12(8-15-16-17)13(18)9-19-11-5-3-4-10(14)7-11/h3-5,7-8,13,18H,2,6,9H2,1H3. The molecule has 0 spiro atoms. The van der Waals surface area contributed by atoms with Gasteiger partial charge in [-0.05, 0) is 24.6 Å². The fraction of sp³-hybridized carbons (Fsp3) is 0.385. The highest BCUT2D eigenvalue weighted by Gasteiger charge is 2.14. The van der Waals surface area contributed by atoms with E-state index in [1.54, 1.807) is 35.1 Å². The summed E-state index contributed by atoms with van der Waals surface area (Å²) in [5.41, 5.74) is 0.656. The summed E-state index contributed by atoms with van der Waals surface area (Å²) in [5, 5.41) is 18.4. The highest BCUT2D eigenvalue weighted by atomic mass is 35.5. The summed E-state index contributed by atoms with van der Waals surface area (Å²) < 4.78 is 7.19. The van der Waals surface area contributed by atoms with Gasteiger partial charge in [-0.3, -0.25) is 0 Å². The number of benzene rings is 1. The van der Waals surface area contributed by atoms with Crippen LogP contribution in [0.15, 0.2) is 30.5 Å². The van der Waals surface area contributed by atoms with E-state index in [0.29, 0.717) is 16.5 Å². The second kappa shape index (κ2) is 6.54. The number of aryl methyl sites for hydroxylation is 1. The Balaban J connectivity index is 1.97. The van der Waals surface area contributed by atoms with Gasteiger partial charge in [0.25, 0.3) is 0 Å². The van der Waals surface area contributed by atoms with Crippen LogP contribution in [-0.4, -0.2) is 26.7 Å². The van der Waals surface area contributed by atoms with Crippen molar-refractivity contribution >= 4 is 11.6 Å². The van der Waals surface area contributed by atoms with Crippen LogP contribution in [0.5, 0.6) is 5.75 Å². The highest BCUT2D eigenvalue weighted by molar-refractivity contribution is 6.30. The van der Waals surface area contributed by atoms with E-state index in [-0.39, 0.29) is 6.61 Å². The average molecular weight is 282 g/mol. The minimum absolute atomic E-state index is 0.136. The van der Waals surface area contributed by atoms with E-state index in [2.05, 4.69) is 10.3 Å². The van der Waals surface area contributed by atoms with Gasteiger partial charge in [-0.2, -0.15) is 0 Å². The Morgan fingerprint density at radius 2 is 2.32 bits per heavy atom. The van der Waals surface area contributed by atoms with Crippen LogP contribution in [0, 0.1) is 0 Å². The minimum Gasteiger partial charge on any atom is -0.490 e. The molecule has 0 aliphatic carbocycles. The van der Waals surface area contributed by atoms with Crippen molar-refractivity contribution in [2.45, 2.75) is 26.0 Å². The number of aliphatic hydroxyl groups excluding tert-OH is 1. The third-order valence-electron chi connectivity index (χ3n) is 2.63. The van der Waals surface area contributed by atoms with Crippen LogP contribution in [0.3, 0.4) is 0 Å². The second-order valence-corrected chi connectivity index (χ2v) is 4.60. The van der Waals surface area contributed by atoms with Crippen LogP contribution in [-0.2, 0) is 6.54 Å². The molecule has 1 aromatic heterocycles. The molecule has 0 saturated carbocycles. The molecule has 0 amide bonds. The van der Waals surface area contributed by atoms with E-state index in [1.807, 2.05) is 6.92 Å². The van der Waals surface area contributed by atoms with Crippen LogP contribution in [0.25, 0.3) is 0 Å². The quantitative estimate of drug-likeness (QED) is 0.883. The van der Waals surface area contributed by atoms with Crippen molar-refractivity contribution in [2.24, 2.45) is 0 Å². The lowest BCUT2D eigenvalue weighted by Gasteiger charge is -2.13. The minimum atomic E-state index is -0.763. The molecule has 0 bridgehead atoms. The molecule has 1 heterocycles. The lowest BCUT2D eigenvalue weighted by Crippen LogP contribution is -2.15. The average Bonchev–Trinajstić information content (AvgIpc) is 2.85. The third-order valence-corrected chi connectivity index (χ3v) is 2.86. The topological polar surface area (TPSA) is 60.2 Å². The smallest absolute Gasteiger partial charge is 0.131 e. The molecular weight excluding hydrogens is 266 g/mol. The molecule has 102 valence electrons. The first-order chi connectivity index (χ1) is 9.20. The second-order valence-electron chi connectivity index (χ2n) is 4.17. The molecule has 1 N–H and O–H groups in total. The monoisotopic (exact) mass is 281 g/mol. The summed E-state index contributed by atoms with van der Waals surface area (Å²) in [6.07, 6.45) is 1.72. The van der Waals surface area contributed by atoms with Gasteiger partial charge in [-0.15, -0.1) is 5.10 Å². The van der Waals surface area contributed by atoms with Gasteiger partial charge in [0.1, 0.15) is 18.5 Å². The number of halogens is 1. The van der Waals surface area contributed by atoms with E-state index < -0.39 is 6.10 Å². The first-order valence-electron chi connectivity index (χ1n) is 6.15. The van der Waals surface area contributed by atoms with Crippen molar-refractivity contribution in [3.63, 3.8) is 0 Å². The van der Waals surface area contributed by atoms with Crippen molar-refractivity contribution in [2.75, 3.05) is 6.61 Å². The number of aromatic nitrogens is 3. The number of nitrogens with zero attached hydrogens (tertiary/aromatic N) is 3. The van der Waals surface area contributed by atoms with E-state index >= 15 is 0 Å². The summed E-state index contributed by atoms with van der Waals surface area (Å²) in [6.45, 7) is 2.90. The molecule has 1 unspecified atom stereocenters. The molecule has 2 rings (SSSR count). The molecule has 1 atom stereocenters. The molecule has 1 aromatic carbocycles. The van der Waals surface area contributed by atoms with E-state index in [0.717, 1.165) is 13.0 Å². The first kappa shape index (κ1) is 13.8. The lowest BCUT2D eigenvalue weighted by molar-refractivity contribution is 0.0999. The predicted molar refractivity (Wildman–Crippen MR) is 72.2 cm³/mol. The Morgan fingerprint density at radius 3 is 3.05 bits per heavy atom. The third kappa shape index (κ3) is 3.68. The van der Waals surface area contributed by atoms with Crippen molar-refractivity contribution in [3.05, 3.63) is 41.2 Å². The van der Waals surface area contributed by atoms with Crippen LogP contribution < -0.4 is 4.74 Å². The van der Waals surface area contributed by atoms with Crippen molar-refractivity contribution < 1.29 is 9.84 Å². The van der Waals surface area contributed by atoms with Gasteiger partial charge >= 0.3 is 0 Å². The van der Waals surface area contributed by atoms with Crippen molar-refractivity contribution in [1.29, 1.82) is 0 Å². The number of rotatable bonds is 6. The molecule has 0 radical (unpaired) electrons. The van der Waals surface area contributed by atoms with E-state index in [9.17, 15) is 5.11 Å². The van der Waals surface area contributed by atoms with Crippen LogP contribution in [0.4, 0.5) is 0 Å². The number of hydrogen-bond acceptors (Lipinski definition) is 4. The highest BCUT2D eigenvalue weighted by Crippen LogP contribution is 2.19. The van der Waals surface area contributed by atoms with Gasteiger partial charge in [0.2, 0.25) is 0 Å². The summed E-state index contributed by atoms with van der Waals surface area (Å²) >= 11 is 5.86. The molecule has 6 heteroatoms. The van der Waals surface area contributed by atoms with Gasteiger partial charge in [0.05, 0.1) is 11.9 Å². The van der Waals surface area contributed by atoms with E-state index in [1.165, 1.54) is 0 Å². The SMILES string of the molecule is CCCn1nncc1C(O)COc1cccc(Cl)c1. The molecule has 0 aliphatic rings. The first-order valence-corrected chi connectivity index (χ1v) is 6.53. The zero-order valence-electron chi connectivity index (χ0n) is 10.7. The Bertz CT molecular complexity index is 530. The fourth-order valence-electron chi connectivity index (χ4n) is 1.73. The molecule has 19 heavy (non-hydrogen) atoms. The summed E-state index contributed by atoms with van der Waals surface area (Å²) in [7, 11) is 0. The Hall–Kier alpha value is -1.59. The lowest BCUT2D eigenvalue weighted by atomic mass is 10.3. The van der Waals surface area contributed by atoms with Crippen LogP contribution in [0.1, 0.15) is 25.1 Å². The predicted octanol–water partition coefficient (Wildman–Crippen LogP) is 2.45. The van der Waals surface area contributed by atoms with Gasteiger partial charge in [0.15, 0.2) is 0 Å². The molecule has 0 fully saturated rings. The summed E-state index contributed by atoms with van der Waals surface area (Å²) in [6, 6.07) is 7.06. The van der Waals surface area contributed by atoms with Crippen molar-refractivity contribution in [3.8, 4) is 5.75 Å². The van der Waals surface area contributed by atoms with Crippen LogP contribution >= 0.6 is 11.6 Å². The number of hydrogen-bond donors (Lipinski definition) is 1. The molecular formula is C13H16ClN3O2. The van der Waals surface area contributed by atoms with Gasteiger partial charge in [0, 0.05) is 11.6 Å². The normalized spacial score (nSPS) is 12.4. The van der Waals surface area contributed by atoms with Gasteiger partial charge < -0.3 is 9.84 Å². The maximum atomic E-state index is 10.1. The number of ether oxygens (including phenoxy) is 1.